The van der Waals surface area contributed by atoms with E-state index in [-0.39, 0.29) is 17.2 Å². The summed E-state index contributed by atoms with van der Waals surface area (Å²) in [5.41, 5.74) is 6.18. The molecule has 110 valence electrons. The Hall–Kier alpha value is -2.21. The molecule has 21 heavy (non-hydrogen) atoms. The van der Waals surface area contributed by atoms with Crippen molar-refractivity contribution in [2.75, 3.05) is 17.6 Å². The molecule has 1 aromatic heterocycles. The van der Waals surface area contributed by atoms with Crippen LogP contribution in [0.4, 0.5) is 24.8 Å². The number of nitrogens with one attached hydrogen (secondary N) is 1. The summed E-state index contributed by atoms with van der Waals surface area (Å²) < 4.78 is 38.7. The second kappa shape index (κ2) is 5.65. The maximum absolute atomic E-state index is 12.2. The Kier molecular flexibility index (Phi) is 4.09. The minimum absolute atomic E-state index is 0.0236. The predicted molar refractivity (Wildman–Crippen MR) is 74.9 cm³/mol. The van der Waals surface area contributed by atoms with Gasteiger partial charge in [-0.05, 0) is 24.3 Å². The van der Waals surface area contributed by atoms with Crippen LogP contribution in [-0.4, -0.2) is 22.5 Å². The van der Waals surface area contributed by atoms with Gasteiger partial charge in [-0.1, -0.05) is 15.9 Å². The maximum Gasteiger partial charge on any atom is 0.405 e. The smallest absolute Gasteiger partial charge is 0.382 e. The summed E-state index contributed by atoms with van der Waals surface area (Å²) in [6.45, 7) is -1.29. The van der Waals surface area contributed by atoms with Crippen LogP contribution in [0.25, 0.3) is 5.69 Å². The lowest BCUT2D eigenvalue weighted by Crippen LogP contribution is -2.21. The van der Waals surface area contributed by atoms with Gasteiger partial charge in [0.25, 0.3) is 0 Å². The van der Waals surface area contributed by atoms with E-state index < -0.39 is 12.7 Å². The standard InChI is InChI=1S/C12H9BrF3N5/c13-7-1-3-8(4-2-7)21-10(18)9(5-17)11(20-21)19-6-12(14,15)16/h1-4H,6,18H2,(H,19,20). The lowest BCUT2D eigenvalue weighted by molar-refractivity contribution is -0.115. The van der Waals surface area contributed by atoms with Gasteiger partial charge in [-0.25, -0.2) is 4.68 Å². The van der Waals surface area contributed by atoms with Crippen LogP contribution in [-0.2, 0) is 0 Å². The van der Waals surface area contributed by atoms with Crippen molar-refractivity contribution in [3.8, 4) is 11.8 Å². The van der Waals surface area contributed by atoms with E-state index in [2.05, 4.69) is 26.3 Å². The molecule has 0 atom stereocenters. The molecule has 0 aliphatic heterocycles. The number of halogens is 4. The van der Waals surface area contributed by atoms with Crippen LogP contribution in [0, 0.1) is 11.3 Å². The average molecular weight is 360 g/mol. The van der Waals surface area contributed by atoms with Crippen LogP contribution in [0.2, 0.25) is 0 Å². The third-order valence-electron chi connectivity index (χ3n) is 2.56. The van der Waals surface area contributed by atoms with Crippen molar-refractivity contribution in [3.63, 3.8) is 0 Å². The Morgan fingerprint density at radius 3 is 2.48 bits per heavy atom. The number of hydrogen-bond acceptors (Lipinski definition) is 4. The number of hydrogen-bond donors (Lipinski definition) is 2. The molecule has 0 amide bonds. The van der Waals surface area contributed by atoms with Gasteiger partial charge >= 0.3 is 6.18 Å². The van der Waals surface area contributed by atoms with Gasteiger partial charge in [0, 0.05) is 4.47 Å². The van der Waals surface area contributed by atoms with Crippen molar-refractivity contribution in [1.82, 2.24) is 9.78 Å². The molecule has 0 saturated heterocycles. The second-order valence-electron chi connectivity index (χ2n) is 4.08. The highest BCUT2D eigenvalue weighted by Crippen LogP contribution is 2.26. The largest absolute Gasteiger partial charge is 0.405 e. The minimum Gasteiger partial charge on any atom is -0.382 e. The molecular formula is C12H9BrF3N5. The third kappa shape index (κ3) is 3.46. The SMILES string of the molecule is N#Cc1c(NCC(F)(F)F)nn(-c2ccc(Br)cc2)c1N. The number of alkyl halides is 3. The molecule has 0 radical (unpaired) electrons. The quantitative estimate of drug-likeness (QED) is 0.882. The fraction of sp³-hybridized carbons (Fsp3) is 0.167. The Bertz CT molecular complexity index is 685. The molecule has 2 rings (SSSR count). The molecule has 1 heterocycles. The molecule has 1 aromatic carbocycles. The van der Waals surface area contributed by atoms with Gasteiger partial charge in [0.2, 0.25) is 0 Å². The first-order chi connectivity index (χ1) is 9.81. The molecule has 2 aromatic rings. The topological polar surface area (TPSA) is 79.7 Å². The van der Waals surface area contributed by atoms with Crippen LogP contribution >= 0.6 is 15.9 Å². The number of rotatable bonds is 3. The van der Waals surface area contributed by atoms with Crippen molar-refractivity contribution < 1.29 is 13.2 Å². The second-order valence-corrected chi connectivity index (χ2v) is 4.99. The molecule has 3 N–H and O–H groups in total. The van der Waals surface area contributed by atoms with Gasteiger partial charge in [0.15, 0.2) is 5.82 Å². The number of aromatic nitrogens is 2. The zero-order valence-electron chi connectivity index (χ0n) is 10.4. The van der Waals surface area contributed by atoms with E-state index >= 15 is 0 Å². The number of nitriles is 1. The fourth-order valence-electron chi connectivity index (χ4n) is 1.63. The first kappa shape index (κ1) is 15.2. The molecule has 0 bridgehead atoms. The molecule has 5 nitrogen and oxygen atoms in total. The van der Waals surface area contributed by atoms with Gasteiger partial charge in [0.1, 0.15) is 24.0 Å². The first-order valence-electron chi connectivity index (χ1n) is 5.67. The summed E-state index contributed by atoms with van der Waals surface area (Å²) in [5.74, 6) is -0.222. The van der Waals surface area contributed by atoms with E-state index in [0.717, 1.165) is 4.47 Å². The fourth-order valence-corrected chi connectivity index (χ4v) is 1.89. The Labute approximate surface area is 126 Å². The van der Waals surface area contributed by atoms with E-state index in [9.17, 15) is 13.2 Å². The van der Waals surface area contributed by atoms with Crippen LogP contribution in [0.3, 0.4) is 0 Å². The van der Waals surface area contributed by atoms with Crippen LogP contribution < -0.4 is 11.1 Å². The zero-order valence-corrected chi connectivity index (χ0v) is 12.0. The maximum atomic E-state index is 12.2. The number of nitrogens with zero attached hydrogens (tertiary/aromatic N) is 3. The van der Waals surface area contributed by atoms with E-state index in [1.165, 1.54) is 4.68 Å². The summed E-state index contributed by atoms with van der Waals surface area (Å²) in [4.78, 5) is 0. The summed E-state index contributed by atoms with van der Waals surface area (Å²) in [7, 11) is 0. The Morgan fingerprint density at radius 1 is 1.33 bits per heavy atom. The number of nitrogens with two attached hydrogens (primary N) is 1. The lowest BCUT2D eigenvalue weighted by atomic mass is 10.3. The van der Waals surface area contributed by atoms with Crippen LogP contribution in [0.1, 0.15) is 5.56 Å². The molecule has 0 spiro atoms. The third-order valence-corrected chi connectivity index (χ3v) is 3.09. The summed E-state index contributed by atoms with van der Waals surface area (Å²) in [6.07, 6.45) is -4.41. The highest BCUT2D eigenvalue weighted by atomic mass is 79.9. The molecule has 0 saturated carbocycles. The van der Waals surface area contributed by atoms with Crippen molar-refractivity contribution in [3.05, 3.63) is 34.3 Å². The molecular weight excluding hydrogens is 351 g/mol. The minimum atomic E-state index is -4.41. The number of benzene rings is 1. The van der Waals surface area contributed by atoms with Gasteiger partial charge in [-0.2, -0.15) is 18.4 Å². The molecule has 9 heteroatoms. The summed E-state index contributed by atoms with van der Waals surface area (Å²) in [5, 5.41) is 15.0. The van der Waals surface area contributed by atoms with E-state index in [1.54, 1.807) is 30.3 Å². The van der Waals surface area contributed by atoms with Gasteiger partial charge < -0.3 is 11.1 Å². The summed E-state index contributed by atoms with van der Waals surface area (Å²) >= 11 is 3.27. The molecule has 0 aliphatic rings. The predicted octanol–water partition coefficient (Wildman–Crippen LogP) is 3.06. The van der Waals surface area contributed by atoms with Gasteiger partial charge in [0.05, 0.1) is 5.69 Å². The lowest BCUT2D eigenvalue weighted by Gasteiger charge is -2.06. The van der Waals surface area contributed by atoms with Crippen molar-refractivity contribution in [2.45, 2.75) is 6.18 Å². The monoisotopic (exact) mass is 359 g/mol. The van der Waals surface area contributed by atoms with E-state index in [0.29, 0.717) is 5.69 Å². The highest BCUT2D eigenvalue weighted by Gasteiger charge is 2.28. The van der Waals surface area contributed by atoms with Gasteiger partial charge in [-0.3, -0.25) is 0 Å². The Morgan fingerprint density at radius 2 is 1.95 bits per heavy atom. The van der Waals surface area contributed by atoms with E-state index in [4.69, 9.17) is 11.0 Å². The summed E-state index contributed by atoms with van der Waals surface area (Å²) in [6, 6.07) is 8.55. The van der Waals surface area contributed by atoms with E-state index in [1.807, 2.05) is 0 Å². The van der Waals surface area contributed by atoms with Crippen LogP contribution in [0.5, 0.6) is 0 Å². The van der Waals surface area contributed by atoms with Crippen LogP contribution in [0.15, 0.2) is 28.7 Å². The van der Waals surface area contributed by atoms with Gasteiger partial charge in [-0.15, -0.1) is 5.10 Å². The zero-order chi connectivity index (χ0) is 15.6. The average Bonchev–Trinajstić information content (AvgIpc) is 2.73. The van der Waals surface area contributed by atoms with Crippen molar-refractivity contribution >= 4 is 27.6 Å². The van der Waals surface area contributed by atoms with Crippen molar-refractivity contribution in [1.29, 1.82) is 5.26 Å². The highest BCUT2D eigenvalue weighted by molar-refractivity contribution is 9.10. The first-order valence-corrected chi connectivity index (χ1v) is 6.46. The normalized spacial score (nSPS) is 11.2. The number of nitrogen functional groups attached to an aromatic ring is 1. The Balaban J connectivity index is 2.38. The number of anilines is 2. The molecule has 0 aliphatic carbocycles. The van der Waals surface area contributed by atoms with Crippen molar-refractivity contribution in [2.24, 2.45) is 0 Å². The molecule has 0 fully saturated rings. The molecule has 0 unspecified atom stereocenters.